The molecular weight excluding hydrogens is 314 g/mol. The topological polar surface area (TPSA) is 101 Å². The van der Waals surface area contributed by atoms with Crippen molar-refractivity contribution in [2.24, 2.45) is 7.05 Å². The molecule has 2 atom stereocenters. The zero-order valence-electron chi connectivity index (χ0n) is 13.8. The van der Waals surface area contributed by atoms with Crippen LogP contribution in [0.1, 0.15) is 32.2 Å². The van der Waals surface area contributed by atoms with Gasteiger partial charge in [0.1, 0.15) is 12.1 Å². The van der Waals surface area contributed by atoms with Crippen molar-refractivity contribution in [2.75, 3.05) is 6.61 Å². The summed E-state index contributed by atoms with van der Waals surface area (Å²) in [6.07, 6.45) is 3.98. The summed E-state index contributed by atoms with van der Waals surface area (Å²) in [4.78, 5) is 23.6. The Morgan fingerprint density at radius 2 is 2.21 bits per heavy atom. The Morgan fingerprint density at radius 1 is 1.42 bits per heavy atom. The molecule has 1 aliphatic rings. The summed E-state index contributed by atoms with van der Waals surface area (Å²) in [5.41, 5.74) is 1.37. The number of fused-ring (bicyclic) bond motifs is 1. The van der Waals surface area contributed by atoms with Gasteiger partial charge in [-0.25, -0.2) is 0 Å². The summed E-state index contributed by atoms with van der Waals surface area (Å²) in [6.45, 7) is 3.46. The van der Waals surface area contributed by atoms with E-state index in [-0.39, 0.29) is 18.1 Å². The molecule has 9 heteroatoms. The minimum Gasteiger partial charge on any atom is -0.463 e. The van der Waals surface area contributed by atoms with Crippen LogP contribution in [0, 0.1) is 12.8 Å². The molecule has 0 aliphatic carbocycles. The molecule has 3 heterocycles. The molecule has 24 heavy (non-hydrogen) atoms. The van der Waals surface area contributed by atoms with E-state index in [0.29, 0.717) is 11.0 Å². The fraction of sp³-hybridized carbons (Fsp3) is 0.533. The van der Waals surface area contributed by atoms with Gasteiger partial charge in [0.15, 0.2) is 11.7 Å². The van der Waals surface area contributed by atoms with Crippen molar-refractivity contribution in [3.63, 3.8) is 0 Å². The monoisotopic (exact) mass is 333 g/mol. The molecule has 9 nitrogen and oxygen atoms in total. The molecule has 2 radical (unpaired) electrons. The van der Waals surface area contributed by atoms with E-state index in [1.807, 2.05) is 6.92 Å². The highest BCUT2D eigenvalue weighted by Crippen LogP contribution is 2.25. The van der Waals surface area contributed by atoms with Gasteiger partial charge in [0.2, 0.25) is 0 Å². The third-order valence-corrected chi connectivity index (χ3v) is 3.73. The van der Waals surface area contributed by atoms with Gasteiger partial charge in [-0.3, -0.25) is 14.3 Å². The lowest BCUT2D eigenvalue weighted by Gasteiger charge is -2.14. The number of aryl methyl sites for hydroxylation is 2. The lowest BCUT2D eigenvalue weighted by molar-refractivity contribution is -0.145. The molecule has 0 bridgehead atoms. The normalized spacial score (nSPS) is 20.6. The zero-order chi connectivity index (χ0) is 17.3. The highest BCUT2D eigenvalue weighted by Gasteiger charge is 2.30. The fourth-order valence-electron chi connectivity index (χ4n) is 2.65. The van der Waals surface area contributed by atoms with Gasteiger partial charge in [-0.05, 0) is 6.42 Å². The van der Waals surface area contributed by atoms with Gasteiger partial charge < -0.3 is 9.47 Å². The molecule has 0 amide bonds. The van der Waals surface area contributed by atoms with Crippen molar-refractivity contribution < 1.29 is 14.3 Å². The molecule has 2 aromatic heterocycles. The molecule has 0 aromatic carbocycles. The van der Waals surface area contributed by atoms with Gasteiger partial charge in [0, 0.05) is 26.8 Å². The number of aromatic nitrogens is 5. The van der Waals surface area contributed by atoms with Gasteiger partial charge in [-0.1, -0.05) is 18.6 Å². The third kappa shape index (κ3) is 3.03. The highest BCUT2D eigenvalue weighted by molar-refractivity contribution is 5.75. The Hall–Kier alpha value is -2.29. The molecule has 0 spiro atoms. The van der Waals surface area contributed by atoms with E-state index in [1.54, 1.807) is 19.9 Å². The third-order valence-electron chi connectivity index (χ3n) is 3.73. The van der Waals surface area contributed by atoms with E-state index in [4.69, 9.17) is 9.47 Å². The number of carbonyl (C=O) groups excluding carboxylic acids is 1. The molecule has 0 saturated carbocycles. The maximum atomic E-state index is 12.7. The maximum Gasteiger partial charge on any atom is 0.302 e. The van der Waals surface area contributed by atoms with Crippen LogP contribution in [0.4, 0.5) is 0 Å². The summed E-state index contributed by atoms with van der Waals surface area (Å²) in [5.74, 6) is -0.382. The first-order chi connectivity index (χ1) is 11.5. The smallest absolute Gasteiger partial charge is 0.302 e. The number of rotatable bonds is 5. The van der Waals surface area contributed by atoms with Crippen LogP contribution >= 0.6 is 0 Å². The van der Waals surface area contributed by atoms with E-state index in [0.717, 1.165) is 18.5 Å². The number of hydrogen-bond acceptors (Lipinski definition) is 7. The lowest BCUT2D eigenvalue weighted by atomic mass is 10.2. The van der Waals surface area contributed by atoms with Crippen LogP contribution in [-0.2, 0) is 27.7 Å². The van der Waals surface area contributed by atoms with Gasteiger partial charge in [0.05, 0.1) is 11.8 Å². The van der Waals surface area contributed by atoms with Crippen LogP contribution in [0.2, 0.25) is 0 Å². The Labute approximate surface area is 138 Å². The molecular formula is C15H19N5O4. The SMILES string of the molecule is CCCc1nn(C)c2c(=O)n(C3[CH][CH]C(COC(C)=O)O3)nnc12. The number of hydrogen-bond donors (Lipinski definition) is 0. The van der Waals surface area contributed by atoms with Crippen molar-refractivity contribution in [3.8, 4) is 0 Å². The zero-order valence-corrected chi connectivity index (χ0v) is 13.8. The van der Waals surface area contributed by atoms with E-state index in [1.165, 1.54) is 16.3 Å². The van der Waals surface area contributed by atoms with E-state index in [2.05, 4.69) is 15.4 Å². The average molecular weight is 333 g/mol. The quantitative estimate of drug-likeness (QED) is 0.727. The molecule has 1 saturated heterocycles. The summed E-state index contributed by atoms with van der Waals surface area (Å²) >= 11 is 0. The van der Waals surface area contributed by atoms with Crippen LogP contribution in [0.15, 0.2) is 4.79 Å². The highest BCUT2D eigenvalue weighted by atomic mass is 16.6. The summed E-state index contributed by atoms with van der Waals surface area (Å²) in [5, 5.41) is 12.5. The predicted octanol–water partition coefficient (Wildman–Crippen LogP) is 0.347. The molecule has 3 rings (SSSR count). The van der Waals surface area contributed by atoms with Gasteiger partial charge in [-0.15, -0.1) is 5.10 Å². The van der Waals surface area contributed by atoms with Crippen LogP contribution in [-0.4, -0.2) is 43.5 Å². The number of esters is 1. The Balaban J connectivity index is 1.86. The van der Waals surface area contributed by atoms with Gasteiger partial charge >= 0.3 is 5.97 Å². The molecule has 128 valence electrons. The first-order valence-electron chi connectivity index (χ1n) is 7.79. The van der Waals surface area contributed by atoms with Crippen LogP contribution in [0.3, 0.4) is 0 Å². The van der Waals surface area contributed by atoms with Crippen molar-refractivity contribution in [1.29, 1.82) is 0 Å². The summed E-state index contributed by atoms with van der Waals surface area (Å²) < 4.78 is 13.3. The van der Waals surface area contributed by atoms with Gasteiger partial charge in [0.25, 0.3) is 5.56 Å². The van der Waals surface area contributed by atoms with Crippen LogP contribution in [0.5, 0.6) is 0 Å². The first kappa shape index (κ1) is 16.6. The first-order valence-corrected chi connectivity index (χ1v) is 7.79. The van der Waals surface area contributed by atoms with Crippen molar-refractivity contribution >= 4 is 17.0 Å². The minimum absolute atomic E-state index is 0.0963. The van der Waals surface area contributed by atoms with Crippen molar-refractivity contribution in [1.82, 2.24) is 24.8 Å². The van der Waals surface area contributed by atoms with Crippen molar-refractivity contribution in [2.45, 2.75) is 39.0 Å². The van der Waals surface area contributed by atoms with E-state index < -0.39 is 12.3 Å². The fourth-order valence-corrected chi connectivity index (χ4v) is 2.65. The Morgan fingerprint density at radius 3 is 2.92 bits per heavy atom. The molecule has 1 aliphatic heterocycles. The lowest BCUT2D eigenvalue weighted by Crippen LogP contribution is -2.30. The molecule has 2 aromatic rings. The largest absolute Gasteiger partial charge is 0.463 e. The number of nitrogens with zero attached hydrogens (tertiary/aromatic N) is 5. The van der Waals surface area contributed by atoms with Crippen LogP contribution < -0.4 is 5.56 Å². The van der Waals surface area contributed by atoms with E-state index >= 15 is 0 Å². The maximum absolute atomic E-state index is 12.7. The molecule has 0 N–H and O–H groups in total. The number of ether oxygens (including phenoxy) is 2. The molecule has 1 fully saturated rings. The standard InChI is InChI=1S/C15H19N5O4/c1-4-5-11-13-14(19(3)17-11)15(22)20(18-16-13)12-7-6-10(24-12)8-23-9(2)21/h6-7,10,12H,4-5,8H2,1-3H3. The molecule has 2 unspecified atom stereocenters. The van der Waals surface area contributed by atoms with Crippen LogP contribution in [0.25, 0.3) is 11.0 Å². The van der Waals surface area contributed by atoms with Crippen molar-refractivity contribution in [3.05, 3.63) is 28.9 Å². The average Bonchev–Trinajstić information content (AvgIpc) is 3.12. The number of carbonyl (C=O) groups is 1. The minimum atomic E-state index is -0.681. The van der Waals surface area contributed by atoms with Gasteiger partial charge in [-0.2, -0.15) is 9.78 Å². The van der Waals surface area contributed by atoms with E-state index in [9.17, 15) is 9.59 Å². The summed E-state index contributed by atoms with van der Waals surface area (Å²) in [6, 6.07) is 0. The second kappa shape index (κ2) is 6.68. The second-order valence-corrected chi connectivity index (χ2v) is 5.61. The summed E-state index contributed by atoms with van der Waals surface area (Å²) in [7, 11) is 1.71. The Kier molecular flexibility index (Phi) is 4.61. The predicted molar refractivity (Wildman–Crippen MR) is 83.7 cm³/mol. The second-order valence-electron chi connectivity index (χ2n) is 5.61. The Bertz CT molecular complexity index is 812.